The first-order valence-electron chi connectivity index (χ1n) is 12.5. The van der Waals surface area contributed by atoms with Gasteiger partial charge in [-0.1, -0.05) is 42.5 Å². The Kier molecular flexibility index (Phi) is 10.1. The number of carbonyl (C=O) groups is 3. The van der Waals surface area contributed by atoms with Crippen LogP contribution in [0.3, 0.4) is 0 Å². The molecule has 2 heterocycles. The molecule has 0 bridgehead atoms. The highest BCUT2D eigenvalue weighted by Crippen LogP contribution is 2.22. The average molecular weight is 471 g/mol. The Bertz CT molecular complexity index is 841. The van der Waals surface area contributed by atoms with E-state index in [0.29, 0.717) is 19.4 Å². The Labute approximate surface area is 202 Å². The summed E-state index contributed by atoms with van der Waals surface area (Å²) in [5, 5.41) is 12.5. The van der Waals surface area contributed by atoms with Gasteiger partial charge in [0.2, 0.25) is 11.8 Å². The molecule has 0 spiro atoms. The second kappa shape index (κ2) is 13.3. The number of nitrogens with zero attached hydrogens (tertiary/aromatic N) is 1. The summed E-state index contributed by atoms with van der Waals surface area (Å²) in [6.45, 7) is 2.49. The molecule has 1 aromatic carbocycles. The first-order valence-corrected chi connectivity index (χ1v) is 12.5. The lowest BCUT2D eigenvalue weighted by atomic mass is 9.93. The maximum absolute atomic E-state index is 13.0. The molecule has 3 rings (SSSR count). The normalized spacial score (nSPS) is 27.1. The summed E-state index contributed by atoms with van der Waals surface area (Å²) in [7, 11) is 0. The summed E-state index contributed by atoms with van der Waals surface area (Å²) in [6, 6.07) is 9.45. The third-order valence-corrected chi connectivity index (χ3v) is 6.73. The van der Waals surface area contributed by atoms with E-state index in [1.165, 1.54) is 0 Å². The van der Waals surface area contributed by atoms with Crippen molar-refractivity contribution in [3.8, 4) is 0 Å². The van der Waals surface area contributed by atoms with Crippen molar-refractivity contribution in [1.82, 2.24) is 10.2 Å². The molecule has 7 heteroatoms. The third-order valence-electron chi connectivity index (χ3n) is 6.73. The van der Waals surface area contributed by atoms with Crippen LogP contribution in [-0.2, 0) is 25.5 Å². The quantitative estimate of drug-likeness (QED) is 0.510. The number of rotatable bonds is 5. The molecule has 2 aliphatic rings. The Morgan fingerprint density at radius 2 is 1.91 bits per heavy atom. The standard InChI is InChI=1S/C27H38N2O5/c1-20-19-34-27(33)23(16-21-10-5-4-6-11-21)13-8-3-2-7-12-22(26(32)28-20)17-25(31)29-15-9-14-24(29)18-30/h2,4-7,10-11,20,22-24,30H,3,8-9,12-19H2,1H3,(H,28,32). The first-order chi connectivity index (χ1) is 16.5. The van der Waals surface area contributed by atoms with Gasteiger partial charge in [-0.2, -0.15) is 0 Å². The van der Waals surface area contributed by atoms with E-state index in [2.05, 4.69) is 5.32 Å². The molecule has 1 aromatic rings. The van der Waals surface area contributed by atoms with Gasteiger partial charge in [0.15, 0.2) is 0 Å². The van der Waals surface area contributed by atoms with Gasteiger partial charge in [-0.3, -0.25) is 14.4 Å². The number of likely N-dealkylation sites (tertiary alicyclic amines) is 1. The van der Waals surface area contributed by atoms with E-state index in [4.69, 9.17) is 4.74 Å². The zero-order chi connectivity index (χ0) is 24.3. The zero-order valence-electron chi connectivity index (χ0n) is 20.2. The number of ether oxygens (including phenoxy) is 1. The summed E-state index contributed by atoms with van der Waals surface area (Å²) >= 11 is 0. The molecule has 0 saturated carbocycles. The average Bonchev–Trinajstić information content (AvgIpc) is 3.32. The lowest BCUT2D eigenvalue weighted by Crippen LogP contribution is -2.43. The van der Waals surface area contributed by atoms with Gasteiger partial charge in [-0.25, -0.2) is 0 Å². The molecular weight excluding hydrogens is 432 g/mol. The molecule has 1 fully saturated rings. The van der Waals surface area contributed by atoms with Crippen LogP contribution in [-0.4, -0.2) is 59.6 Å². The Morgan fingerprint density at radius 3 is 2.68 bits per heavy atom. The zero-order valence-corrected chi connectivity index (χ0v) is 20.2. The van der Waals surface area contributed by atoms with Crippen molar-refractivity contribution >= 4 is 17.8 Å². The number of carbonyl (C=O) groups excluding carboxylic acids is 3. The van der Waals surface area contributed by atoms with Gasteiger partial charge in [0.1, 0.15) is 6.61 Å². The number of amides is 2. The van der Waals surface area contributed by atoms with Gasteiger partial charge in [0, 0.05) is 13.0 Å². The highest BCUT2D eigenvalue weighted by atomic mass is 16.5. The van der Waals surface area contributed by atoms with Crippen molar-refractivity contribution in [2.45, 2.75) is 70.4 Å². The van der Waals surface area contributed by atoms with Crippen molar-refractivity contribution in [1.29, 1.82) is 0 Å². The largest absolute Gasteiger partial charge is 0.463 e. The number of benzene rings is 1. The smallest absolute Gasteiger partial charge is 0.309 e. The molecule has 4 unspecified atom stereocenters. The number of aliphatic hydroxyl groups excluding tert-OH is 1. The lowest BCUT2D eigenvalue weighted by Gasteiger charge is -2.26. The van der Waals surface area contributed by atoms with Crippen LogP contribution in [0, 0.1) is 11.8 Å². The van der Waals surface area contributed by atoms with Crippen molar-refractivity contribution in [2.24, 2.45) is 11.8 Å². The van der Waals surface area contributed by atoms with E-state index in [9.17, 15) is 19.5 Å². The molecule has 2 aliphatic heterocycles. The van der Waals surface area contributed by atoms with Crippen molar-refractivity contribution < 1.29 is 24.2 Å². The fourth-order valence-corrected chi connectivity index (χ4v) is 4.75. The fourth-order valence-electron chi connectivity index (χ4n) is 4.75. The van der Waals surface area contributed by atoms with Gasteiger partial charge in [-0.05, 0) is 57.4 Å². The Morgan fingerprint density at radius 1 is 1.12 bits per heavy atom. The van der Waals surface area contributed by atoms with Gasteiger partial charge in [0.25, 0.3) is 0 Å². The maximum atomic E-state index is 13.0. The summed E-state index contributed by atoms with van der Waals surface area (Å²) < 4.78 is 5.58. The first kappa shape index (κ1) is 25.9. The van der Waals surface area contributed by atoms with E-state index in [-0.39, 0.29) is 55.4 Å². The van der Waals surface area contributed by atoms with Crippen LogP contribution in [0.15, 0.2) is 42.5 Å². The summed E-state index contributed by atoms with van der Waals surface area (Å²) in [4.78, 5) is 40.3. The minimum Gasteiger partial charge on any atom is -0.463 e. The van der Waals surface area contributed by atoms with Gasteiger partial charge in [0.05, 0.1) is 30.5 Å². The van der Waals surface area contributed by atoms with Crippen LogP contribution in [0.1, 0.15) is 57.4 Å². The molecule has 1 saturated heterocycles. The summed E-state index contributed by atoms with van der Waals surface area (Å²) in [6.07, 6.45) is 9.30. The number of allylic oxidation sites excluding steroid dienone is 2. The molecule has 34 heavy (non-hydrogen) atoms. The minimum atomic E-state index is -0.490. The van der Waals surface area contributed by atoms with Crippen LogP contribution in [0.25, 0.3) is 0 Å². The van der Waals surface area contributed by atoms with Gasteiger partial charge >= 0.3 is 5.97 Å². The third kappa shape index (κ3) is 7.69. The molecular formula is C27H38N2O5. The summed E-state index contributed by atoms with van der Waals surface area (Å²) in [5.74, 6) is -1.24. The number of aliphatic hydroxyl groups is 1. The van der Waals surface area contributed by atoms with Crippen LogP contribution in [0.2, 0.25) is 0 Å². The molecule has 0 aromatic heterocycles. The van der Waals surface area contributed by atoms with Crippen LogP contribution in [0.5, 0.6) is 0 Å². The molecule has 2 N–H and O–H groups in total. The van der Waals surface area contributed by atoms with Crippen LogP contribution in [0.4, 0.5) is 0 Å². The van der Waals surface area contributed by atoms with E-state index in [1.807, 2.05) is 42.5 Å². The monoisotopic (exact) mass is 470 g/mol. The van der Waals surface area contributed by atoms with Crippen LogP contribution >= 0.6 is 0 Å². The number of hydrogen-bond acceptors (Lipinski definition) is 5. The van der Waals surface area contributed by atoms with Crippen molar-refractivity contribution in [3.05, 3.63) is 48.0 Å². The van der Waals surface area contributed by atoms with E-state index in [1.54, 1.807) is 11.8 Å². The molecule has 7 nitrogen and oxygen atoms in total. The SMILES string of the molecule is CC1COC(=O)C(Cc2ccccc2)CCCC=CCC(CC(=O)N2CCCC2CO)C(=O)N1. The topological polar surface area (TPSA) is 95.9 Å². The van der Waals surface area contributed by atoms with E-state index in [0.717, 1.165) is 37.7 Å². The highest BCUT2D eigenvalue weighted by Gasteiger charge is 2.31. The predicted molar refractivity (Wildman–Crippen MR) is 130 cm³/mol. The maximum Gasteiger partial charge on any atom is 0.309 e. The Balaban J connectivity index is 1.63. The molecule has 2 amide bonds. The van der Waals surface area contributed by atoms with Gasteiger partial charge < -0.3 is 20.1 Å². The minimum absolute atomic E-state index is 0.0455. The van der Waals surface area contributed by atoms with Crippen LogP contribution < -0.4 is 5.32 Å². The fraction of sp³-hybridized carbons (Fsp3) is 0.593. The van der Waals surface area contributed by atoms with E-state index >= 15 is 0 Å². The number of nitrogens with one attached hydrogen (secondary N) is 1. The Hall–Kier alpha value is -2.67. The number of cyclic esters (lactones) is 1. The lowest BCUT2D eigenvalue weighted by molar-refractivity contribution is -0.150. The van der Waals surface area contributed by atoms with Crippen molar-refractivity contribution in [3.63, 3.8) is 0 Å². The summed E-state index contributed by atoms with van der Waals surface area (Å²) in [5.41, 5.74) is 1.11. The predicted octanol–water partition coefficient (Wildman–Crippen LogP) is 3.01. The second-order valence-electron chi connectivity index (χ2n) is 9.53. The number of esters is 1. The van der Waals surface area contributed by atoms with Crippen molar-refractivity contribution in [2.75, 3.05) is 19.8 Å². The molecule has 0 aliphatic carbocycles. The second-order valence-corrected chi connectivity index (χ2v) is 9.53. The molecule has 0 radical (unpaired) electrons. The van der Waals surface area contributed by atoms with Gasteiger partial charge in [-0.15, -0.1) is 0 Å². The molecule has 186 valence electrons. The highest BCUT2D eigenvalue weighted by molar-refractivity contribution is 5.86. The molecule has 4 atom stereocenters. The number of hydrogen-bond donors (Lipinski definition) is 2. The van der Waals surface area contributed by atoms with E-state index < -0.39 is 5.92 Å².